The van der Waals surface area contributed by atoms with Crippen LogP contribution in [0.1, 0.15) is 24.6 Å². The van der Waals surface area contributed by atoms with E-state index in [1.165, 1.54) is 17.7 Å². The second-order valence-electron chi connectivity index (χ2n) is 3.71. The normalized spacial score (nSPS) is 19.4. The average Bonchev–Trinajstić information content (AvgIpc) is 2.61. The predicted molar refractivity (Wildman–Crippen MR) is 53.2 cm³/mol. The van der Waals surface area contributed by atoms with Crippen molar-refractivity contribution in [1.82, 2.24) is 5.32 Å². The van der Waals surface area contributed by atoms with Gasteiger partial charge < -0.3 is 11.1 Å². The molecular weight excluding hydrogens is 168 g/mol. The molecule has 0 unspecified atom stereocenters. The molecule has 1 aromatic heterocycles. The van der Waals surface area contributed by atoms with Crippen molar-refractivity contribution in [3.05, 3.63) is 16.3 Å². The van der Waals surface area contributed by atoms with E-state index >= 15 is 0 Å². The third-order valence-corrected chi connectivity index (χ3v) is 3.39. The zero-order valence-electron chi connectivity index (χ0n) is 7.26. The lowest BCUT2D eigenvalue weighted by Crippen LogP contribution is -2.26. The molecule has 2 nitrogen and oxygen atoms in total. The van der Waals surface area contributed by atoms with Crippen molar-refractivity contribution in [3.8, 4) is 0 Å². The molecule has 1 heterocycles. The first-order chi connectivity index (χ1) is 5.70. The fraction of sp³-hybridized carbons (Fsp3) is 0.556. The van der Waals surface area contributed by atoms with Crippen molar-refractivity contribution in [2.45, 2.75) is 31.8 Å². The molecule has 0 atom stereocenters. The molecule has 0 radical (unpaired) electrons. The lowest BCUT2D eigenvalue weighted by molar-refractivity contribution is 0.542. The van der Waals surface area contributed by atoms with Gasteiger partial charge in [-0.3, -0.25) is 0 Å². The van der Waals surface area contributed by atoms with Crippen LogP contribution in [-0.2, 0) is 6.54 Å². The summed E-state index contributed by atoms with van der Waals surface area (Å²) < 4.78 is 0. The highest BCUT2D eigenvalue weighted by molar-refractivity contribution is 7.10. The van der Waals surface area contributed by atoms with Gasteiger partial charge in [-0.25, -0.2) is 0 Å². The number of thiophene rings is 1. The van der Waals surface area contributed by atoms with E-state index in [4.69, 9.17) is 5.73 Å². The minimum atomic E-state index is 0.413. The Balaban J connectivity index is 1.91. The van der Waals surface area contributed by atoms with Crippen molar-refractivity contribution in [2.75, 3.05) is 5.73 Å². The average molecular weight is 182 g/mol. The van der Waals surface area contributed by atoms with Crippen molar-refractivity contribution >= 4 is 17.0 Å². The van der Waals surface area contributed by atoms with Gasteiger partial charge in [0.1, 0.15) is 0 Å². The van der Waals surface area contributed by atoms with E-state index in [9.17, 15) is 0 Å². The predicted octanol–water partition coefficient (Wildman–Crippen LogP) is 1.97. The molecule has 12 heavy (non-hydrogen) atoms. The first kappa shape index (κ1) is 8.08. The van der Waals surface area contributed by atoms with Crippen molar-refractivity contribution < 1.29 is 0 Å². The molecular formula is C9H14N2S. The Kier molecular flexibility index (Phi) is 1.85. The number of nitrogens with one attached hydrogen (secondary N) is 1. The van der Waals surface area contributed by atoms with Gasteiger partial charge in [-0.15, -0.1) is 11.3 Å². The monoisotopic (exact) mass is 182 g/mol. The molecule has 3 heteroatoms. The van der Waals surface area contributed by atoms with Crippen LogP contribution in [0.3, 0.4) is 0 Å². The van der Waals surface area contributed by atoms with Crippen LogP contribution in [-0.4, -0.2) is 5.54 Å². The SMILES string of the molecule is CC1(NCc2sccc2N)CC1. The molecule has 1 aliphatic rings. The number of nitrogens with two attached hydrogens (primary N) is 1. The van der Waals surface area contributed by atoms with Crippen molar-refractivity contribution in [1.29, 1.82) is 0 Å². The second-order valence-corrected chi connectivity index (χ2v) is 4.71. The molecule has 1 saturated carbocycles. The van der Waals surface area contributed by atoms with Gasteiger partial charge in [0.05, 0.1) is 0 Å². The fourth-order valence-corrected chi connectivity index (χ4v) is 1.89. The van der Waals surface area contributed by atoms with Crippen LogP contribution in [0.4, 0.5) is 5.69 Å². The van der Waals surface area contributed by atoms with Gasteiger partial charge in [0.25, 0.3) is 0 Å². The second kappa shape index (κ2) is 2.75. The Hall–Kier alpha value is -0.540. The van der Waals surface area contributed by atoms with Crippen LogP contribution in [0.5, 0.6) is 0 Å². The van der Waals surface area contributed by atoms with Crippen LogP contribution in [0.15, 0.2) is 11.4 Å². The quantitative estimate of drug-likeness (QED) is 0.750. The zero-order valence-corrected chi connectivity index (χ0v) is 8.08. The minimum absolute atomic E-state index is 0.413. The third-order valence-electron chi connectivity index (χ3n) is 2.46. The summed E-state index contributed by atoms with van der Waals surface area (Å²) in [6.45, 7) is 3.19. The molecule has 1 aromatic rings. The topological polar surface area (TPSA) is 38.0 Å². The zero-order chi connectivity index (χ0) is 8.60. The van der Waals surface area contributed by atoms with E-state index in [1.54, 1.807) is 11.3 Å². The maximum Gasteiger partial charge on any atom is 0.0468 e. The van der Waals surface area contributed by atoms with Crippen LogP contribution in [0, 0.1) is 0 Å². The molecule has 2 rings (SSSR count). The maximum atomic E-state index is 5.76. The van der Waals surface area contributed by atoms with E-state index < -0.39 is 0 Å². The summed E-state index contributed by atoms with van der Waals surface area (Å²) in [6.07, 6.45) is 2.61. The molecule has 0 bridgehead atoms. The summed E-state index contributed by atoms with van der Waals surface area (Å²) in [4.78, 5) is 1.27. The lowest BCUT2D eigenvalue weighted by Gasteiger charge is -2.09. The number of hydrogen-bond donors (Lipinski definition) is 2. The van der Waals surface area contributed by atoms with Crippen LogP contribution < -0.4 is 11.1 Å². The van der Waals surface area contributed by atoms with E-state index in [0.29, 0.717) is 5.54 Å². The van der Waals surface area contributed by atoms with Gasteiger partial charge in [-0.05, 0) is 31.2 Å². The third kappa shape index (κ3) is 1.62. The smallest absolute Gasteiger partial charge is 0.0468 e. The molecule has 66 valence electrons. The first-order valence-electron chi connectivity index (χ1n) is 4.26. The summed E-state index contributed by atoms with van der Waals surface area (Å²) >= 11 is 1.73. The minimum Gasteiger partial charge on any atom is -0.398 e. The highest BCUT2D eigenvalue weighted by atomic mass is 32.1. The molecule has 0 saturated heterocycles. The van der Waals surface area contributed by atoms with E-state index in [1.807, 2.05) is 11.4 Å². The van der Waals surface area contributed by atoms with E-state index in [-0.39, 0.29) is 0 Å². The molecule has 3 N–H and O–H groups in total. The largest absolute Gasteiger partial charge is 0.398 e. The molecule has 1 aliphatic carbocycles. The van der Waals surface area contributed by atoms with Crippen LogP contribution in [0.25, 0.3) is 0 Å². The number of hydrogen-bond acceptors (Lipinski definition) is 3. The number of anilines is 1. The van der Waals surface area contributed by atoms with Gasteiger partial charge >= 0.3 is 0 Å². The van der Waals surface area contributed by atoms with Gasteiger partial charge in [0.2, 0.25) is 0 Å². The fourth-order valence-electron chi connectivity index (χ4n) is 1.15. The standard InChI is InChI=1S/C9H14N2S/c1-9(3-4-9)11-6-8-7(10)2-5-12-8/h2,5,11H,3-4,6,10H2,1H3. The van der Waals surface area contributed by atoms with Gasteiger partial charge in [-0.2, -0.15) is 0 Å². The van der Waals surface area contributed by atoms with Gasteiger partial charge in [-0.1, -0.05) is 0 Å². The Bertz CT molecular complexity index is 276. The molecule has 0 aromatic carbocycles. The van der Waals surface area contributed by atoms with Crippen LogP contribution in [0.2, 0.25) is 0 Å². The summed E-state index contributed by atoms with van der Waals surface area (Å²) in [6, 6.07) is 1.97. The van der Waals surface area contributed by atoms with Crippen molar-refractivity contribution in [2.24, 2.45) is 0 Å². The van der Waals surface area contributed by atoms with E-state index in [0.717, 1.165) is 12.2 Å². The van der Waals surface area contributed by atoms with E-state index in [2.05, 4.69) is 12.2 Å². The Morgan fingerprint density at radius 3 is 2.92 bits per heavy atom. The Morgan fingerprint density at radius 2 is 2.42 bits per heavy atom. The highest BCUT2D eigenvalue weighted by Crippen LogP contribution is 2.35. The summed E-state index contributed by atoms with van der Waals surface area (Å²) in [5.74, 6) is 0. The summed E-state index contributed by atoms with van der Waals surface area (Å²) in [5, 5.41) is 5.55. The molecule has 0 spiro atoms. The Morgan fingerprint density at radius 1 is 1.67 bits per heavy atom. The Labute approximate surface area is 76.8 Å². The first-order valence-corrected chi connectivity index (χ1v) is 5.14. The van der Waals surface area contributed by atoms with Gasteiger partial charge in [0, 0.05) is 22.6 Å². The number of rotatable bonds is 3. The maximum absolute atomic E-state index is 5.76. The van der Waals surface area contributed by atoms with Crippen LogP contribution >= 0.6 is 11.3 Å². The highest BCUT2D eigenvalue weighted by Gasteiger charge is 2.36. The lowest BCUT2D eigenvalue weighted by atomic mass is 10.3. The van der Waals surface area contributed by atoms with Crippen molar-refractivity contribution in [3.63, 3.8) is 0 Å². The molecule has 0 aliphatic heterocycles. The summed E-state index contributed by atoms with van der Waals surface area (Å²) in [7, 11) is 0. The van der Waals surface area contributed by atoms with Gasteiger partial charge in [0.15, 0.2) is 0 Å². The molecule has 0 amide bonds. The number of nitrogen functional groups attached to an aromatic ring is 1. The summed E-state index contributed by atoms with van der Waals surface area (Å²) in [5.41, 5.74) is 7.10. The molecule has 1 fully saturated rings.